The molecule has 1 atom stereocenters. The second kappa shape index (κ2) is 8.73. The van der Waals surface area contributed by atoms with Crippen molar-refractivity contribution >= 4 is 40.2 Å². The van der Waals surface area contributed by atoms with Gasteiger partial charge in [0.1, 0.15) is 5.75 Å². The van der Waals surface area contributed by atoms with Gasteiger partial charge >= 0.3 is 6.03 Å². The van der Waals surface area contributed by atoms with Gasteiger partial charge in [-0.15, -0.1) is 11.3 Å². The van der Waals surface area contributed by atoms with E-state index in [2.05, 4.69) is 15.5 Å². The lowest BCUT2D eigenvalue weighted by atomic mass is 9.94. The van der Waals surface area contributed by atoms with Gasteiger partial charge in [-0.3, -0.25) is 4.90 Å². The van der Waals surface area contributed by atoms with Gasteiger partial charge in [-0.2, -0.15) is 4.98 Å². The van der Waals surface area contributed by atoms with Crippen molar-refractivity contribution in [2.75, 3.05) is 12.0 Å². The highest BCUT2D eigenvalue weighted by Gasteiger charge is 2.36. The Bertz CT molecular complexity index is 1340. The number of halogens is 1. The van der Waals surface area contributed by atoms with Gasteiger partial charge < -0.3 is 14.6 Å². The van der Waals surface area contributed by atoms with E-state index in [0.717, 1.165) is 10.4 Å². The fraction of sp³-hybridized carbons (Fsp3) is 0.125. The summed E-state index contributed by atoms with van der Waals surface area (Å²) in [4.78, 5) is 20.4. The Balaban J connectivity index is 1.66. The number of methoxy groups -OCH3 is 1. The number of aromatic nitrogens is 2. The van der Waals surface area contributed by atoms with Crippen LogP contribution in [0.3, 0.4) is 0 Å². The molecule has 1 aliphatic heterocycles. The normalized spacial score (nSPS) is 16.2. The molecular formula is C24H19ClN4O3S. The number of hydrogen-bond donors (Lipinski definition) is 1. The van der Waals surface area contributed by atoms with Gasteiger partial charge in [-0.25, -0.2) is 4.79 Å². The number of amides is 2. The van der Waals surface area contributed by atoms with Crippen LogP contribution in [0, 0.1) is 0 Å². The quantitative estimate of drug-likeness (QED) is 0.371. The maximum Gasteiger partial charge on any atom is 0.326 e. The molecule has 0 saturated heterocycles. The van der Waals surface area contributed by atoms with Crippen LogP contribution in [0.4, 0.5) is 10.5 Å². The Labute approximate surface area is 199 Å². The summed E-state index contributed by atoms with van der Waals surface area (Å²) in [6, 6.07) is 18.0. The minimum absolute atomic E-state index is 0.288. The zero-order valence-corrected chi connectivity index (χ0v) is 19.4. The van der Waals surface area contributed by atoms with Crippen molar-refractivity contribution in [3.8, 4) is 16.5 Å². The molecule has 4 aromatic rings. The van der Waals surface area contributed by atoms with Gasteiger partial charge in [-0.05, 0) is 42.1 Å². The van der Waals surface area contributed by atoms with Crippen LogP contribution in [0.2, 0.25) is 5.02 Å². The first-order chi connectivity index (χ1) is 16.1. The van der Waals surface area contributed by atoms with E-state index in [4.69, 9.17) is 20.9 Å². The van der Waals surface area contributed by atoms with Gasteiger partial charge in [-0.1, -0.05) is 53.2 Å². The molecule has 9 heteroatoms. The summed E-state index contributed by atoms with van der Waals surface area (Å²) >= 11 is 7.87. The second-order valence-electron chi connectivity index (χ2n) is 7.35. The minimum atomic E-state index is -0.458. The van der Waals surface area contributed by atoms with Crippen molar-refractivity contribution in [2.45, 2.75) is 13.0 Å². The summed E-state index contributed by atoms with van der Waals surface area (Å²) in [7, 11) is 1.54. The molecule has 166 valence electrons. The van der Waals surface area contributed by atoms with Crippen LogP contribution < -0.4 is 15.0 Å². The maximum absolute atomic E-state index is 13.3. The molecular weight excluding hydrogens is 460 g/mol. The third-order valence-corrected chi connectivity index (χ3v) is 6.57. The number of thiophene rings is 1. The first-order valence-corrected chi connectivity index (χ1v) is 11.4. The molecule has 1 unspecified atom stereocenters. The highest BCUT2D eigenvalue weighted by Crippen LogP contribution is 2.40. The van der Waals surface area contributed by atoms with Crippen molar-refractivity contribution in [3.05, 3.63) is 88.2 Å². The van der Waals surface area contributed by atoms with Crippen LogP contribution in [-0.4, -0.2) is 23.3 Å². The number of carbonyl (C=O) groups excluding carboxylic acids is 1. The van der Waals surface area contributed by atoms with Crippen molar-refractivity contribution in [1.29, 1.82) is 0 Å². The number of nitrogens with one attached hydrogen (secondary N) is 1. The molecule has 33 heavy (non-hydrogen) atoms. The molecule has 1 N–H and O–H groups in total. The highest BCUT2D eigenvalue weighted by atomic mass is 35.5. The predicted octanol–water partition coefficient (Wildman–Crippen LogP) is 6.16. The van der Waals surface area contributed by atoms with E-state index >= 15 is 0 Å². The lowest BCUT2D eigenvalue weighted by Gasteiger charge is -2.35. The Morgan fingerprint density at radius 1 is 1.15 bits per heavy atom. The number of rotatable bonds is 5. The van der Waals surface area contributed by atoms with Crippen LogP contribution in [0.5, 0.6) is 5.75 Å². The van der Waals surface area contributed by atoms with Gasteiger partial charge in [0.05, 0.1) is 34.3 Å². The molecule has 7 nitrogen and oxygen atoms in total. The summed E-state index contributed by atoms with van der Waals surface area (Å²) in [5.74, 6) is 1.37. The third-order valence-electron chi connectivity index (χ3n) is 5.41. The Hall–Kier alpha value is -3.62. The molecule has 0 fully saturated rings. The standard InChI is InChI=1S/C24H19ClN4O3S/c1-14-20(23-27-22(28-32-23)19-9-6-12-33-19)21(15-7-4-3-5-8-15)26-24(30)29(14)16-10-11-18(31-2)17(25)13-16/h3-13,21H,1-2H3,(H,26,30). The van der Waals surface area contributed by atoms with Crippen molar-refractivity contribution in [1.82, 2.24) is 15.5 Å². The lowest BCUT2D eigenvalue weighted by molar-refractivity contribution is 0.244. The summed E-state index contributed by atoms with van der Waals surface area (Å²) in [5, 5.41) is 9.61. The lowest BCUT2D eigenvalue weighted by Crippen LogP contribution is -2.46. The minimum Gasteiger partial charge on any atom is -0.495 e. The number of benzene rings is 2. The first kappa shape index (κ1) is 21.2. The molecule has 5 rings (SSSR count). The van der Waals surface area contributed by atoms with E-state index in [1.807, 2.05) is 54.8 Å². The van der Waals surface area contributed by atoms with Gasteiger partial charge in [0, 0.05) is 5.70 Å². The SMILES string of the molecule is COc1ccc(N2C(=O)NC(c3ccccc3)C(c3nc(-c4cccs4)no3)=C2C)cc1Cl. The Morgan fingerprint density at radius 3 is 2.67 bits per heavy atom. The number of anilines is 1. The largest absolute Gasteiger partial charge is 0.495 e. The highest BCUT2D eigenvalue weighted by molar-refractivity contribution is 7.13. The van der Waals surface area contributed by atoms with E-state index in [1.54, 1.807) is 30.2 Å². The average molecular weight is 479 g/mol. The summed E-state index contributed by atoms with van der Waals surface area (Å²) in [6.45, 7) is 1.86. The molecule has 2 aromatic heterocycles. The molecule has 0 spiro atoms. The number of hydrogen-bond acceptors (Lipinski definition) is 6. The van der Waals surface area contributed by atoms with E-state index in [0.29, 0.717) is 39.4 Å². The molecule has 2 amide bonds. The smallest absolute Gasteiger partial charge is 0.326 e. The van der Waals surface area contributed by atoms with Crippen LogP contribution >= 0.6 is 22.9 Å². The van der Waals surface area contributed by atoms with Crippen molar-refractivity contribution in [3.63, 3.8) is 0 Å². The third kappa shape index (κ3) is 3.88. The molecule has 3 heterocycles. The number of urea groups is 1. The average Bonchev–Trinajstić information content (AvgIpc) is 3.52. The molecule has 0 bridgehead atoms. The van der Waals surface area contributed by atoms with Crippen LogP contribution in [0.1, 0.15) is 24.4 Å². The van der Waals surface area contributed by atoms with Gasteiger partial charge in [0.2, 0.25) is 5.82 Å². The number of nitrogens with zero attached hydrogens (tertiary/aromatic N) is 3. The molecule has 0 radical (unpaired) electrons. The zero-order valence-electron chi connectivity index (χ0n) is 17.8. The second-order valence-corrected chi connectivity index (χ2v) is 8.70. The predicted molar refractivity (Wildman–Crippen MR) is 128 cm³/mol. The van der Waals surface area contributed by atoms with E-state index in [9.17, 15) is 4.79 Å². The van der Waals surface area contributed by atoms with E-state index in [-0.39, 0.29) is 6.03 Å². The fourth-order valence-corrected chi connectivity index (χ4v) is 4.76. The molecule has 1 aliphatic rings. The van der Waals surface area contributed by atoms with E-state index < -0.39 is 6.04 Å². The monoisotopic (exact) mass is 478 g/mol. The van der Waals surface area contributed by atoms with Crippen molar-refractivity contribution in [2.24, 2.45) is 0 Å². The first-order valence-electron chi connectivity index (χ1n) is 10.1. The Morgan fingerprint density at radius 2 is 1.97 bits per heavy atom. The van der Waals surface area contributed by atoms with Crippen LogP contribution in [0.15, 0.2) is 76.3 Å². The molecule has 0 saturated carbocycles. The molecule has 2 aromatic carbocycles. The Kier molecular flexibility index (Phi) is 5.62. The summed E-state index contributed by atoms with van der Waals surface area (Å²) in [5.41, 5.74) is 2.87. The van der Waals surface area contributed by atoms with Crippen LogP contribution in [0.25, 0.3) is 16.3 Å². The number of ether oxygens (including phenoxy) is 1. The summed E-state index contributed by atoms with van der Waals surface area (Å²) in [6.07, 6.45) is 0. The topological polar surface area (TPSA) is 80.5 Å². The zero-order chi connectivity index (χ0) is 22.9. The fourth-order valence-electron chi connectivity index (χ4n) is 3.86. The van der Waals surface area contributed by atoms with Gasteiger partial charge in [0.25, 0.3) is 5.89 Å². The van der Waals surface area contributed by atoms with Gasteiger partial charge in [0.15, 0.2) is 0 Å². The number of allylic oxidation sites excluding steroid dienone is 1. The molecule has 0 aliphatic carbocycles. The van der Waals surface area contributed by atoms with Crippen LogP contribution in [-0.2, 0) is 0 Å². The van der Waals surface area contributed by atoms with E-state index in [1.165, 1.54) is 11.3 Å². The van der Waals surface area contributed by atoms with Crippen molar-refractivity contribution < 1.29 is 14.1 Å². The summed E-state index contributed by atoms with van der Waals surface area (Å²) < 4.78 is 10.9. The number of carbonyl (C=O) groups is 1. The maximum atomic E-state index is 13.3.